The predicted molar refractivity (Wildman–Crippen MR) is 61.6 cm³/mol. The highest BCUT2D eigenvalue weighted by molar-refractivity contribution is 5.75. The van der Waals surface area contributed by atoms with Crippen LogP contribution in [0.2, 0.25) is 0 Å². The quantitative estimate of drug-likeness (QED) is 0.786. The Labute approximate surface area is 88.8 Å². The van der Waals surface area contributed by atoms with Gasteiger partial charge in [-0.05, 0) is 30.7 Å². The maximum atomic E-state index is 9.38. The summed E-state index contributed by atoms with van der Waals surface area (Å²) in [6, 6.07) is 9.08. The SMILES string of the molecule is CCn1ccc(-c2cccc(O)c2)c1N. The zero-order valence-corrected chi connectivity index (χ0v) is 8.64. The molecule has 0 aliphatic carbocycles. The van der Waals surface area contributed by atoms with Crippen molar-refractivity contribution in [3.8, 4) is 16.9 Å². The van der Waals surface area contributed by atoms with Crippen LogP contribution in [0.15, 0.2) is 36.5 Å². The third-order valence-electron chi connectivity index (χ3n) is 2.50. The number of aryl methyl sites for hydroxylation is 1. The largest absolute Gasteiger partial charge is 0.508 e. The summed E-state index contributed by atoms with van der Waals surface area (Å²) in [6.07, 6.45) is 1.95. The van der Waals surface area contributed by atoms with E-state index in [2.05, 4.69) is 0 Å². The van der Waals surface area contributed by atoms with Gasteiger partial charge in [-0.2, -0.15) is 0 Å². The summed E-state index contributed by atoms with van der Waals surface area (Å²) in [5.74, 6) is 0.999. The van der Waals surface area contributed by atoms with Gasteiger partial charge >= 0.3 is 0 Å². The molecule has 0 fully saturated rings. The van der Waals surface area contributed by atoms with Crippen LogP contribution in [0.25, 0.3) is 11.1 Å². The zero-order chi connectivity index (χ0) is 10.8. The number of aromatic nitrogens is 1. The Hall–Kier alpha value is -1.90. The summed E-state index contributed by atoms with van der Waals surface area (Å²) < 4.78 is 1.97. The summed E-state index contributed by atoms with van der Waals surface area (Å²) in [5, 5.41) is 9.38. The summed E-state index contributed by atoms with van der Waals surface area (Å²) in [4.78, 5) is 0. The number of rotatable bonds is 2. The molecule has 2 aromatic rings. The van der Waals surface area contributed by atoms with Crippen molar-refractivity contribution in [2.45, 2.75) is 13.5 Å². The third kappa shape index (κ3) is 1.68. The minimum absolute atomic E-state index is 0.260. The average molecular weight is 202 g/mol. The van der Waals surface area contributed by atoms with Gasteiger partial charge in [-0.15, -0.1) is 0 Å². The van der Waals surface area contributed by atoms with Crippen LogP contribution in [0.1, 0.15) is 6.92 Å². The summed E-state index contributed by atoms with van der Waals surface area (Å²) in [6.45, 7) is 2.90. The van der Waals surface area contributed by atoms with Crippen LogP contribution in [0.3, 0.4) is 0 Å². The fraction of sp³-hybridized carbons (Fsp3) is 0.167. The first kappa shape index (κ1) is 9.65. The molecule has 1 heterocycles. The number of phenolic OH excluding ortho intramolecular Hbond substituents is 1. The molecule has 1 aromatic heterocycles. The fourth-order valence-corrected chi connectivity index (χ4v) is 1.68. The summed E-state index contributed by atoms with van der Waals surface area (Å²) in [5.41, 5.74) is 7.89. The van der Waals surface area contributed by atoms with Crippen molar-refractivity contribution in [3.05, 3.63) is 36.5 Å². The topological polar surface area (TPSA) is 51.2 Å². The van der Waals surface area contributed by atoms with E-state index < -0.39 is 0 Å². The number of nitrogens with two attached hydrogens (primary N) is 1. The monoisotopic (exact) mass is 202 g/mol. The van der Waals surface area contributed by atoms with Gasteiger partial charge < -0.3 is 15.4 Å². The standard InChI is InChI=1S/C12H14N2O/c1-2-14-7-6-11(12(14)13)9-4-3-5-10(15)8-9/h3-8,15H,2,13H2,1H3. The molecular weight excluding hydrogens is 188 g/mol. The van der Waals surface area contributed by atoms with Gasteiger partial charge in [0.15, 0.2) is 0 Å². The number of phenols is 1. The first-order chi connectivity index (χ1) is 7.22. The summed E-state index contributed by atoms with van der Waals surface area (Å²) >= 11 is 0. The molecule has 15 heavy (non-hydrogen) atoms. The Bertz CT molecular complexity index is 474. The van der Waals surface area contributed by atoms with E-state index in [1.54, 1.807) is 12.1 Å². The molecule has 78 valence electrons. The van der Waals surface area contributed by atoms with Crippen molar-refractivity contribution in [1.29, 1.82) is 0 Å². The third-order valence-corrected chi connectivity index (χ3v) is 2.50. The first-order valence-corrected chi connectivity index (χ1v) is 4.96. The van der Waals surface area contributed by atoms with Gasteiger partial charge in [0.1, 0.15) is 11.6 Å². The molecule has 0 unspecified atom stereocenters. The molecule has 3 heteroatoms. The molecule has 0 amide bonds. The van der Waals surface area contributed by atoms with E-state index in [1.807, 2.05) is 35.9 Å². The van der Waals surface area contributed by atoms with Gasteiger partial charge in [0.25, 0.3) is 0 Å². The Kier molecular flexibility index (Phi) is 2.37. The molecular formula is C12H14N2O. The van der Waals surface area contributed by atoms with Crippen LogP contribution >= 0.6 is 0 Å². The fourth-order valence-electron chi connectivity index (χ4n) is 1.68. The van der Waals surface area contributed by atoms with E-state index in [-0.39, 0.29) is 5.75 Å². The molecule has 1 aromatic carbocycles. The molecule has 0 aliphatic heterocycles. The van der Waals surface area contributed by atoms with E-state index in [9.17, 15) is 5.11 Å². The van der Waals surface area contributed by atoms with Crippen LogP contribution in [0, 0.1) is 0 Å². The highest BCUT2D eigenvalue weighted by Crippen LogP contribution is 2.28. The Morgan fingerprint density at radius 1 is 1.33 bits per heavy atom. The lowest BCUT2D eigenvalue weighted by molar-refractivity contribution is 0.475. The second-order valence-electron chi connectivity index (χ2n) is 3.45. The molecule has 0 saturated carbocycles. The van der Waals surface area contributed by atoms with Crippen LogP contribution in [0.5, 0.6) is 5.75 Å². The molecule has 0 atom stereocenters. The molecule has 0 saturated heterocycles. The minimum atomic E-state index is 0.260. The van der Waals surface area contributed by atoms with Crippen molar-refractivity contribution in [2.75, 3.05) is 5.73 Å². The Morgan fingerprint density at radius 3 is 2.73 bits per heavy atom. The van der Waals surface area contributed by atoms with Gasteiger partial charge in [-0.1, -0.05) is 12.1 Å². The summed E-state index contributed by atoms with van der Waals surface area (Å²) in [7, 11) is 0. The first-order valence-electron chi connectivity index (χ1n) is 4.96. The normalized spacial score (nSPS) is 10.5. The predicted octanol–water partition coefficient (Wildman–Crippen LogP) is 2.46. The Balaban J connectivity index is 2.49. The van der Waals surface area contributed by atoms with Crippen molar-refractivity contribution >= 4 is 5.82 Å². The maximum absolute atomic E-state index is 9.38. The number of aromatic hydroxyl groups is 1. The second kappa shape index (κ2) is 3.69. The lowest BCUT2D eigenvalue weighted by atomic mass is 10.1. The lowest BCUT2D eigenvalue weighted by Crippen LogP contribution is -1.99. The van der Waals surface area contributed by atoms with Crippen LogP contribution in [-0.2, 0) is 6.54 Å². The van der Waals surface area contributed by atoms with E-state index in [0.29, 0.717) is 0 Å². The highest BCUT2D eigenvalue weighted by Gasteiger charge is 2.06. The number of hydrogen-bond acceptors (Lipinski definition) is 2. The van der Waals surface area contributed by atoms with Gasteiger partial charge in [-0.3, -0.25) is 0 Å². The van der Waals surface area contributed by atoms with Gasteiger partial charge in [0.05, 0.1) is 0 Å². The van der Waals surface area contributed by atoms with E-state index in [1.165, 1.54) is 0 Å². The Morgan fingerprint density at radius 2 is 2.13 bits per heavy atom. The number of nitrogens with zero attached hydrogens (tertiary/aromatic N) is 1. The highest BCUT2D eigenvalue weighted by atomic mass is 16.3. The van der Waals surface area contributed by atoms with Crippen LogP contribution in [-0.4, -0.2) is 9.67 Å². The van der Waals surface area contributed by atoms with E-state index in [4.69, 9.17) is 5.73 Å². The number of anilines is 1. The van der Waals surface area contributed by atoms with Crippen molar-refractivity contribution in [2.24, 2.45) is 0 Å². The van der Waals surface area contributed by atoms with Gasteiger partial charge in [0.2, 0.25) is 0 Å². The molecule has 0 spiro atoms. The van der Waals surface area contributed by atoms with E-state index in [0.717, 1.165) is 23.5 Å². The average Bonchev–Trinajstić information content (AvgIpc) is 2.59. The number of hydrogen-bond donors (Lipinski definition) is 2. The van der Waals surface area contributed by atoms with Crippen molar-refractivity contribution in [3.63, 3.8) is 0 Å². The number of nitrogen functional groups attached to an aromatic ring is 1. The molecule has 3 N–H and O–H groups in total. The number of benzene rings is 1. The van der Waals surface area contributed by atoms with Crippen LogP contribution < -0.4 is 5.73 Å². The lowest BCUT2D eigenvalue weighted by Gasteiger charge is -2.04. The molecule has 0 radical (unpaired) electrons. The van der Waals surface area contributed by atoms with Gasteiger partial charge in [-0.25, -0.2) is 0 Å². The van der Waals surface area contributed by atoms with Crippen molar-refractivity contribution < 1.29 is 5.11 Å². The van der Waals surface area contributed by atoms with Crippen LogP contribution in [0.4, 0.5) is 5.82 Å². The molecule has 3 nitrogen and oxygen atoms in total. The van der Waals surface area contributed by atoms with Gasteiger partial charge in [0, 0.05) is 18.3 Å². The zero-order valence-electron chi connectivity index (χ0n) is 8.64. The smallest absolute Gasteiger partial charge is 0.116 e. The maximum Gasteiger partial charge on any atom is 0.116 e. The molecule has 2 rings (SSSR count). The second-order valence-corrected chi connectivity index (χ2v) is 3.45. The molecule has 0 aliphatic rings. The van der Waals surface area contributed by atoms with Crippen molar-refractivity contribution in [1.82, 2.24) is 4.57 Å². The van der Waals surface area contributed by atoms with E-state index >= 15 is 0 Å². The molecule has 0 bridgehead atoms. The minimum Gasteiger partial charge on any atom is -0.508 e.